The largest absolute Gasteiger partial charge is 0.456 e. The summed E-state index contributed by atoms with van der Waals surface area (Å²) in [6, 6.07) is 34.9. The first-order valence-corrected chi connectivity index (χ1v) is 13.5. The molecule has 0 fully saturated rings. The minimum absolute atomic E-state index is 0.419. The van der Waals surface area contributed by atoms with Gasteiger partial charge in [0.2, 0.25) is 0 Å². The van der Waals surface area contributed by atoms with E-state index in [0.29, 0.717) is 5.02 Å². The molecule has 166 valence electrons. The van der Waals surface area contributed by atoms with Crippen molar-refractivity contribution in [1.29, 1.82) is 0 Å². The number of rotatable bonds is 0. The lowest BCUT2D eigenvalue weighted by molar-refractivity contribution is 0.662. The maximum atomic E-state index is 6.39. The molecule has 1 nitrogen and oxygen atoms in total. The summed E-state index contributed by atoms with van der Waals surface area (Å²) in [6.45, 7) is 0. The Hall–Kier alpha value is -2.98. The van der Waals surface area contributed by atoms with E-state index in [9.17, 15) is 0 Å². The number of halogens is 2. The summed E-state index contributed by atoms with van der Waals surface area (Å²) in [5.41, 5.74) is 9.09. The molecule has 5 aromatic carbocycles. The first-order chi connectivity index (χ1) is 17.1. The van der Waals surface area contributed by atoms with Crippen LogP contribution in [0.3, 0.4) is 0 Å². The molecule has 0 saturated heterocycles. The Labute approximate surface area is 219 Å². The Morgan fingerprint density at radius 1 is 0.629 bits per heavy atom. The van der Waals surface area contributed by atoms with E-state index in [0.717, 1.165) is 26.4 Å². The highest BCUT2D eigenvalue weighted by molar-refractivity contribution is 9.10. The summed E-state index contributed by atoms with van der Waals surface area (Å²) in [4.78, 5) is 2.54. The molecule has 0 atom stereocenters. The maximum Gasteiger partial charge on any atom is 0.136 e. The predicted octanol–water partition coefficient (Wildman–Crippen LogP) is 9.83. The number of hydrogen-bond donors (Lipinski definition) is 0. The van der Waals surface area contributed by atoms with Gasteiger partial charge in [0.1, 0.15) is 11.2 Å². The van der Waals surface area contributed by atoms with E-state index in [1.54, 1.807) is 0 Å². The Balaban J connectivity index is 1.57. The molecule has 0 amide bonds. The first kappa shape index (κ1) is 20.2. The Morgan fingerprint density at radius 3 is 2.09 bits per heavy atom. The molecule has 1 aromatic heterocycles. The fourth-order valence-electron chi connectivity index (χ4n) is 6.12. The average molecular weight is 552 g/mol. The van der Waals surface area contributed by atoms with Crippen molar-refractivity contribution in [2.75, 3.05) is 0 Å². The summed E-state index contributed by atoms with van der Waals surface area (Å²) < 4.78 is 7.47. The first-order valence-electron chi connectivity index (χ1n) is 11.5. The summed E-state index contributed by atoms with van der Waals surface area (Å²) in [6.07, 6.45) is 0. The van der Waals surface area contributed by atoms with Crippen LogP contribution in [0.2, 0.25) is 5.02 Å². The average Bonchev–Trinajstić information content (AvgIpc) is 3.37. The lowest BCUT2D eigenvalue weighted by atomic mass is 9.67. The Kier molecular flexibility index (Phi) is 4.07. The van der Waals surface area contributed by atoms with E-state index >= 15 is 0 Å². The fourth-order valence-corrected chi connectivity index (χ4v) is 7.83. The molecular weight excluding hydrogens is 536 g/mol. The quantitative estimate of drug-likeness (QED) is 0.186. The van der Waals surface area contributed by atoms with Gasteiger partial charge in [0, 0.05) is 36.1 Å². The van der Waals surface area contributed by atoms with E-state index in [2.05, 4.69) is 101 Å². The number of hydrogen-bond acceptors (Lipinski definition) is 2. The van der Waals surface area contributed by atoms with Crippen LogP contribution in [0.5, 0.6) is 0 Å². The van der Waals surface area contributed by atoms with Gasteiger partial charge in [-0.05, 0) is 75.8 Å². The third-order valence-corrected chi connectivity index (χ3v) is 9.32. The second kappa shape index (κ2) is 7.04. The smallest absolute Gasteiger partial charge is 0.136 e. The zero-order valence-electron chi connectivity index (χ0n) is 18.3. The predicted molar refractivity (Wildman–Crippen MR) is 148 cm³/mol. The van der Waals surface area contributed by atoms with Crippen molar-refractivity contribution in [3.8, 4) is 11.1 Å². The van der Waals surface area contributed by atoms with Crippen molar-refractivity contribution in [2.24, 2.45) is 0 Å². The van der Waals surface area contributed by atoms with E-state index in [1.165, 1.54) is 43.2 Å². The van der Waals surface area contributed by atoms with Crippen LogP contribution in [0.1, 0.15) is 22.3 Å². The zero-order valence-corrected chi connectivity index (χ0v) is 21.5. The van der Waals surface area contributed by atoms with Crippen molar-refractivity contribution in [2.45, 2.75) is 15.2 Å². The number of benzene rings is 5. The SMILES string of the molecule is Clc1ccc2c(c1)oc1cc3c(cc12)Sc1ccc(Br)cc1C31c2ccccc2-c2ccccc21. The van der Waals surface area contributed by atoms with Crippen LogP contribution >= 0.6 is 39.3 Å². The normalized spacial score (nSPS) is 14.7. The zero-order chi connectivity index (χ0) is 23.3. The monoisotopic (exact) mass is 550 g/mol. The summed E-state index contributed by atoms with van der Waals surface area (Å²) >= 11 is 11.9. The highest BCUT2D eigenvalue weighted by atomic mass is 79.9. The van der Waals surface area contributed by atoms with Gasteiger partial charge in [-0.2, -0.15) is 0 Å². The van der Waals surface area contributed by atoms with Crippen molar-refractivity contribution < 1.29 is 4.42 Å². The minimum Gasteiger partial charge on any atom is -0.456 e. The van der Waals surface area contributed by atoms with E-state index in [4.69, 9.17) is 16.0 Å². The van der Waals surface area contributed by atoms with Crippen molar-refractivity contribution in [1.82, 2.24) is 0 Å². The van der Waals surface area contributed by atoms with Crippen LogP contribution < -0.4 is 0 Å². The van der Waals surface area contributed by atoms with Gasteiger partial charge in [0.05, 0.1) is 5.41 Å². The van der Waals surface area contributed by atoms with Gasteiger partial charge in [-0.3, -0.25) is 0 Å². The maximum absolute atomic E-state index is 6.39. The molecule has 4 heteroatoms. The van der Waals surface area contributed by atoms with Crippen LogP contribution in [0.4, 0.5) is 0 Å². The van der Waals surface area contributed by atoms with Crippen LogP contribution in [0.15, 0.2) is 116 Å². The van der Waals surface area contributed by atoms with Crippen LogP contribution in [0.25, 0.3) is 33.1 Å². The molecular formula is C31H16BrClOS. The van der Waals surface area contributed by atoms with Crippen LogP contribution in [-0.4, -0.2) is 0 Å². The summed E-state index contributed by atoms with van der Waals surface area (Å²) in [5.74, 6) is 0. The molecule has 0 saturated carbocycles. The van der Waals surface area contributed by atoms with Crippen LogP contribution in [-0.2, 0) is 5.41 Å². The third kappa shape index (κ3) is 2.56. The van der Waals surface area contributed by atoms with Crippen molar-refractivity contribution in [3.05, 3.63) is 129 Å². The molecule has 8 rings (SSSR count). The molecule has 35 heavy (non-hydrogen) atoms. The topological polar surface area (TPSA) is 13.1 Å². The minimum atomic E-state index is -0.419. The van der Waals surface area contributed by atoms with Gasteiger partial charge in [0.25, 0.3) is 0 Å². The molecule has 0 N–H and O–H groups in total. The second-order valence-electron chi connectivity index (χ2n) is 9.17. The molecule has 0 radical (unpaired) electrons. The molecule has 2 heterocycles. The number of furan rings is 1. The lowest BCUT2D eigenvalue weighted by Gasteiger charge is -2.39. The molecule has 2 aliphatic rings. The standard InChI is InChI=1S/C31H16BrClOS/c32-17-9-12-29-25(13-17)31(23-7-3-1-5-19(23)20-6-2-4-8-24(20)31)26-16-28-22(15-30(26)35-29)21-11-10-18(33)14-27(21)34-28/h1-16H. The van der Waals surface area contributed by atoms with Crippen molar-refractivity contribution >= 4 is 61.2 Å². The highest BCUT2D eigenvalue weighted by Crippen LogP contribution is 2.62. The van der Waals surface area contributed by atoms with Crippen molar-refractivity contribution in [3.63, 3.8) is 0 Å². The Bertz CT molecular complexity index is 1820. The van der Waals surface area contributed by atoms with Gasteiger partial charge in [-0.15, -0.1) is 0 Å². The van der Waals surface area contributed by atoms with E-state index in [-0.39, 0.29) is 0 Å². The summed E-state index contributed by atoms with van der Waals surface area (Å²) in [5, 5.41) is 2.90. The second-order valence-corrected chi connectivity index (χ2v) is 11.6. The van der Waals surface area contributed by atoms with E-state index < -0.39 is 5.41 Å². The highest BCUT2D eigenvalue weighted by Gasteiger charge is 2.50. The van der Waals surface area contributed by atoms with Crippen LogP contribution in [0, 0.1) is 0 Å². The molecule has 6 aromatic rings. The van der Waals surface area contributed by atoms with Gasteiger partial charge >= 0.3 is 0 Å². The molecule has 1 aliphatic heterocycles. The molecule has 1 spiro atoms. The number of fused-ring (bicyclic) bond motifs is 12. The molecule has 1 aliphatic carbocycles. The molecule has 0 bridgehead atoms. The Morgan fingerprint density at radius 2 is 1.31 bits per heavy atom. The van der Waals surface area contributed by atoms with E-state index in [1.807, 2.05) is 23.9 Å². The fraction of sp³-hybridized carbons (Fsp3) is 0.0323. The van der Waals surface area contributed by atoms with Gasteiger partial charge in [0.15, 0.2) is 0 Å². The van der Waals surface area contributed by atoms with Gasteiger partial charge in [-0.25, -0.2) is 0 Å². The third-order valence-electron chi connectivity index (χ3n) is 7.46. The van der Waals surface area contributed by atoms with Gasteiger partial charge < -0.3 is 4.42 Å². The van der Waals surface area contributed by atoms with Gasteiger partial charge in [-0.1, -0.05) is 87.8 Å². The summed E-state index contributed by atoms with van der Waals surface area (Å²) in [7, 11) is 0. The molecule has 0 unspecified atom stereocenters. The lowest BCUT2D eigenvalue weighted by Crippen LogP contribution is -2.32.